The highest BCUT2D eigenvalue weighted by Crippen LogP contribution is 2.28. The fraction of sp³-hybridized carbons (Fsp3) is 0.290. The minimum absolute atomic E-state index is 0.0916. The van der Waals surface area contributed by atoms with Crippen molar-refractivity contribution >= 4 is 22.8 Å². The number of ether oxygens (including phenoxy) is 1. The highest BCUT2D eigenvalue weighted by atomic mass is 16.5. The van der Waals surface area contributed by atoms with Crippen molar-refractivity contribution in [2.75, 3.05) is 6.61 Å². The summed E-state index contributed by atoms with van der Waals surface area (Å²) >= 11 is 0. The molecule has 4 aromatic rings. The highest BCUT2D eigenvalue weighted by Gasteiger charge is 2.17. The maximum absolute atomic E-state index is 13.1. The van der Waals surface area contributed by atoms with E-state index in [9.17, 15) is 9.59 Å². The van der Waals surface area contributed by atoms with Crippen LogP contribution in [0.2, 0.25) is 0 Å². The smallest absolute Gasteiger partial charge is 0.341 e. The van der Waals surface area contributed by atoms with Gasteiger partial charge in [-0.05, 0) is 79.3 Å². The molecule has 4 rings (SSSR count). The first-order chi connectivity index (χ1) is 17.6. The molecule has 192 valence electrons. The van der Waals surface area contributed by atoms with Crippen LogP contribution in [0.25, 0.3) is 10.9 Å². The summed E-state index contributed by atoms with van der Waals surface area (Å²) in [4.78, 5) is 23.9. The maximum Gasteiger partial charge on any atom is 0.341 e. The summed E-state index contributed by atoms with van der Waals surface area (Å²) in [6, 6.07) is 21.6. The zero-order chi connectivity index (χ0) is 26.7. The van der Waals surface area contributed by atoms with E-state index in [1.54, 1.807) is 12.1 Å². The van der Waals surface area contributed by atoms with Gasteiger partial charge < -0.3 is 19.7 Å². The lowest BCUT2D eigenvalue weighted by atomic mass is 9.98. The molecule has 0 saturated carbocycles. The van der Waals surface area contributed by atoms with E-state index in [2.05, 4.69) is 55.8 Å². The van der Waals surface area contributed by atoms with E-state index in [-0.39, 0.29) is 18.6 Å². The first-order valence-electron chi connectivity index (χ1n) is 12.6. The molecule has 0 saturated heterocycles. The van der Waals surface area contributed by atoms with E-state index in [0.29, 0.717) is 23.8 Å². The number of nitrogens with one attached hydrogen (secondary N) is 1. The van der Waals surface area contributed by atoms with Gasteiger partial charge in [0.05, 0.1) is 6.04 Å². The Morgan fingerprint density at radius 3 is 2.32 bits per heavy atom. The van der Waals surface area contributed by atoms with Crippen molar-refractivity contribution in [3.05, 3.63) is 100 Å². The number of carboxylic acid groups (broad SMARTS) is 1. The number of nitrogens with zero attached hydrogens (tertiary/aromatic N) is 1. The topological polar surface area (TPSA) is 80.6 Å². The Bertz CT molecular complexity index is 1430. The molecule has 0 fully saturated rings. The van der Waals surface area contributed by atoms with Gasteiger partial charge in [0.15, 0.2) is 6.61 Å². The number of carbonyl (C=O) groups excluding carboxylic acids is 1. The molecule has 1 heterocycles. The van der Waals surface area contributed by atoms with Crippen LogP contribution in [0.4, 0.5) is 0 Å². The average molecular weight is 499 g/mol. The molecule has 0 aliphatic carbocycles. The lowest BCUT2D eigenvalue weighted by Crippen LogP contribution is -2.26. The number of carboxylic acids is 1. The second-order valence-electron chi connectivity index (χ2n) is 9.87. The summed E-state index contributed by atoms with van der Waals surface area (Å²) in [5.41, 5.74) is 7.41. The van der Waals surface area contributed by atoms with Crippen molar-refractivity contribution in [1.82, 2.24) is 9.88 Å². The fourth-order valence-electron chi connectivity index (χ4n) is 4.56. The number of hydrogen-bond acceptors (Lipinski definition) is 3. The Morgan fingerprint density at radius 2 is 1.65 bits per heavy atom. The van der Waals surface area contributed by atoms with Gasteiger partial charge in [0.2, 0.25) is 0 Å². The van der Waals surface area contributed by atoms with Crippen LogP contribution in [0.15, 0.2) is 66.7 Å². The van der Waals surface area contributed by atoms with Crippen LogP contribution in [-0.4, -0.2) is 28.2 Å². The van der Waals surface area contributed by atoms with Crippen LogP contribution >= 0.6 is 0 Å². The molecule has 6 heteroatoms. The SMILES string of the molecule is Cc1c(C)n(Cc2ccc(OCC(=O)O)cc2)c2ccc(C(=O)NC(C)c3cccc(C(C)C)c3)cc12. The third-order valence-corrected chi connectivity index (χ3v) is 6.95. The highest BCUT2D eigenvalue weighted by molar-refractivity contribution is 5.99. The molecule has 0 spiro atoms. The van der Waals surface area contributed by atoms with Gasteiger partial charge in [-0.3, -0.25) is 4.79 Å². The number of fused-ring (bicyclic) bond motifs is 1. The minimum atomic E-state index is -1.00. The molecule has 0 bridgehead atoms. The quantitative estimate of drug-likeness (QED) is 0.280. The van der Waals surface area contributed by atoms with Crippen molar-refractivity contribution in [2.45, 2.75) is 53.1 Å². The summed E-state index contributed by atoms with van der Waals surface area (Å²) in [5.74, 6) is -0.135. The van der Waals surface area contributed by atoms with Crippen LogP contribution in [-0.2, 0) is 11.3 Å². The summed E-state index contributed by atoms with van der Waals surface area (Å²) in [5, 5.41) is 13.0. The van der Waals surface area contributed by atoms with E-state index in [4.69, 9.17) is 9.84 Å². The minimum Gasteiger partial charge on any atom is -0.482 e. The molecule has 1 unspecified atom stereocenters. The van der Waals surface area contributed by atoms with Gasteiger partial charge in [0.25, 0.3) is 5.91 Å². The largest absolute Gasteiger partial charge is 0.482 e. The van der Waals surface area contributed by atoms with Crippen molar-refractivity contribution in [1.29, 1.82) is 0 Å². The van der Waals surface area contributed by atoms with Crippen molar-refractivity contribution < 1.29 is 19.4 Å². The number of hydrogen-bond donors (Lipinski definition) is 2. The summed E-state index contributed by atoms with van der Waals surface area (Å²) in [6.07, 6.45) is 0. The van der Waals surface area contributed by atoms with Gasteiger partial charge in [-0.2, -0.15) is 0 Å². The first-order valence-corrected chi connectivity index (χ1v) is 12.6. The van der Waals surface area contributed by atoms with Crippen molar-refractivity contribution in [2.24, 2.45) is 0 Å². The third kappa shape index (κ3) is 5.85. The summed E-state index contributed by atoms with van der Waals surface area (Å²) in [6.45, 7) is 10.8. The second kappa shape index (κ2) is 10.9. The monoisotopic (exact) mass is 498 g/mol. The van der Waals surface area contributed by atoms with Gasteiger partial charge in [-0.15, -0.1) is 0 Å². The lowest BCUT2D eigenvalue weighted by molar-refractivity contribution is -0.139. The van der Waals surface area contributed by atoms with Crippen LogP contribution < -0.4 is 10.1 Å². The summed E-state index contributed by atoms with van der Waals surface area (Å²) in [7, 11) is 0. The lowest BCUT2D eigenvalue weighted by Gasteiger charge is -2.16. The molecule has 6 nitrogen and oxygen atoms in total. The van der Waals surface area contributed by atoms with Crippen LogP contribution in [0.3, 0.4) is 0 Å². The van der Waals surface area contributed by atoms with Crippen LogP contribution in [0.5, 0.6) is 5.75 Å². The van der Waals surface area contributed by atoms with E-state index in [0.717, 1.165) is 33.3 Å². The molecule has 1 atom stereocenters. The average Bonchev–Trinajstić information content (AvgIpc) is 3.12. The Balaban J connectivity index is 1.53. The predicted molar refractivity (Wildman–Crippen MR) is 146 cm³/mol. The maximum atomic E-state index is 13.1. The van der Waals surface area contributed by atoms with Gasteiger partial charge in [0.1, 0.15) is 5.75 Å². The van der Waals surface area contributed by atoms with Crippen LogP contribution in [0, 0.1) is 13.8 Å². The van der Waals surface area contributed by atoms with E-state index in [1.807, 2.05) is 43.3 Å². The number of aryl methyl sites for hydroxylation is 1. The Labute approximate surface area is 217 Å². The van der Waals surface area contributed by atoms with E-state index < -0.39 is 5.97 Å². The number of benzene rings is 3. The normalized spacial score (nSPS) is 12.1. The zero-order valence-electron chi connectivity index (χ0n) is 22.0. The van der Waals surface area contributed by atoms with Gasteiger partial charge in [-0.25, -0.2) is 4.79 Å². The van der Waals surface area contributed by atoms with Crippen LogP contribution in [0.1, 0.15) is 71.0 Å². The second-order valence-corrected chi connectivity index (χ2v) is 9.87. The van der Waals surface area contributed by atoms with E-state index >= 15 is 0 Å². The number of aliphatic carboxylic acids is 1. The number of aromatic nitrogens is 1. The first kappa shape index (κ1) is 26.0. The molecule has 3 aromatic carbocycles. The molecule has 37 heavy (non-hydrogen) atoms. The predicted octanol–water partition coefficient (Wildman–Crippen LogP) is 6.38. The molecule has 1 amide bonds. The fourth-order valence-corrected chi connectivity index (χ4v) is 4.56. The zero-order valence-corrected chi connectivity index (χ0v) is 22.0. The molecule has 0 radical (unpaired) electrons. The van der Waals surface area contributed by atoms with Gasteiger partial charge in [0, 0.05) is 28.7 Å². The van der Waals surface area contributed by atoms with Crippen molar-refractivity contribution in [3.8, 4) is 5.75 Å². The molecular weight excluding hydrogens is 464 g/mol. The molecule has 0 aliphatic heterocycles. The van der Waals surface area contributed by atoms with E-state index in [1.165, 1.54) is 5.56 Å². The van der Waals surface area contributed by atoms with Crippen molar-refractivity contribution in [3.63, 3.8) is 0 Å². The molecule has 2 N–H and O–H groups in total. The third-order valence-electron chi connectivity index (χ3n) is 6.95. The molecule has 0 aliphatic rings. The number of rotatable bonds is 9. The molecular formula is C31H34N2O4. The summed E-state index contributed by atoms with van der Waals surface area (Å²) < 4.78 is 7.47. The Morgan fingerprint density at radius 1 is 0.946 bits per heavy atom. The van der Waals surface area contributed by atoms with Gasteiger partial charge in [-0.1, -0.05) is 50.2 Å². The Hall–Kier alpha value is -4.06. The Kier molecular flexibility index (Phi) is 7.67. The molecule has 1 aromatic heterocycles. The number of carbonyl (C=O) groups is 2. The van der Waals surface area contributed by atoms with Gasteiger partial charge >= 0.3 is 5.97 Å². The number of amides is 1. The standard InChI is InChI=1S/C31H34N2O4/c1-19(2)24-7-6-8-25(15-24)21(4)32-31(36)26-11-14-29-28(16-26)20(3)22(5)33(29)17-23-9-12-27(13-10-23)37-18-30(34)35/h6-16,19,21H,17-18H2,1-5H3,(H,32,36)(H,34,35).